The summed E-state index contributed by atoms with van der Waals surface area (Å²) in [5, 5.41) is 12.1. The molecule has 1 aliphatic heterocycles. The molecule has 0 fully saturated rings. The quantitative estimate of drug-likeness (QED) is 0.485. The van der Waals surface area contributed by atoms with Crippen molar-refractivity contribution in [2.45, 2.75) is 58.2 Å². The average molecular weight is 496 g/mol. The van der Waals surface area contributed by atoms with E-state index in [4.69, 9.17) is 4.74 Å². The molecule has 0 aromatic heterocycles. The first-order chi connectivity index (χ1) is 15.8. The number of hydrogen-bond donors (Lipinski definition) is 2. The predicted octanol–water partition coefficient (Wildman–Crippen LogP) is 5.69. The molecular formula is C25H28F3NO4S. The number of halogens is 3. The van der Waals surface area contributed by atoms with Crippen LogP contribution in [0.3, 0.4) is 0 Å². The van der Waals surface area contributed by atoms with E-state index in [1.165, 1.54) is 23.9 Å². The summed E-state index contributed by atoms with van der Waals surface area (Å²) in [6.07, 6.45) is 1.69. The Kier molecular flexibility index (Phi) is 7.55. The topological polar surface area (TPSA) is 75.6 Å². The zero-order valence-corrected chi connectivity index (χ0v) is 20.2. The van der Waals surface area contributed by atoms with Gasteiger partial charge in [-0.3, -0.25) is 4.79 Å². The third kappa shape index (κ3) is 5.68. The molecule has 2 N–H and O–H groups in total. The minimum absolute atomic E-state index is 0.00603. The number of carboxylic acid groups (broad SMARTS) is 1. The maximum atomic E-state index is 13.2. The van der Waals surface area contributed by atoms with Crippen molar-refractivity contribution in [3.8, 4) is 0 Å². The molecule has 9 heteroatoms. The number of nitrogens with one attached hydrogen (secondary N) is 1. The largest absolute Gasteiger partial charge is 0.491 e. The van der Waals surface area contributed by atoms with Gasteiger partial charge in [-0.15, -0.1) is 11.8 Å². The summed E-state index contributed by atoms with van der Waals surface area (Å²) in [7, 11) is 0. The zero-order valence-electron chi connectivity index (χ0n) is 19.4. The lowest BCUT2D eigenvalue weighted by molar-refractivity contribution is -0.144. The van der Waals surface area contributed by atoms with Gasteiger partial charge in [0.2, 0.25) is 0 Å². The van der Waals surface area contributed by atoms with Crippen LogP contribution in [0.1, 0.15) is 45.2 Å². The second kappa shape index (κ2) is 9.90. The maximum absolute atomic E-state index is 13.2. The Morgan fingerprint density at radius 2 is 1.85 bits per heavy atom. The van der Waals surface area contributed by atoms with Crippen LogP contribution in [-0.2, 0) is 27.1 Å². The Balaban J connectivity index is 1.87. The van der Waals surface area contributed by atoms with Crippen LogP contribution in [0.2, 0.25) is 0 Å². The highest BCUT2D eigenvalue weighted by Gasteiger charge is 2.39. The molecule has 0 bridgehead atoms. The van der Waals surface area contributed by atoms with E-state index in [0.717, 1.165) is 17.0 Å². The molecule has 1 heterocycles. The van der Waals surface area contributed by atoms with Crippen molar-refractivity contribution in [1.82, 2.24) is 5.32 Å². The van der Waals surface area contributed by atoms with Crippen molar-refractivity contribution >= 4 is 23.6 Å². The smallest absolute Gasteiger partial charge is 0.416 e. The molecule has 184 valence electrons. The van der Waals surface area contributed by atoms with E-state index in [1.807, 2.05) is 19.9 Å². The lowest BCUT2D eigenvalue weighted by atomic mass is 9.81. The van der Waals surface area contributed by atoms with E-state index in [-0.39, 0.29) is 23.3 Å². The van der Waals surface area contributed by atoms with Crippen molar-refractivity contribution in [2.24, 2.45) is 11.3 Å². The number of hydrogen-bond acceptors (Lipinski definition) is 4. The number of allylic oxidation sites excluding steroid dienone is 3. The number of carbonyl (C=O) groups excluding carboxylic acids is 1. The number of ether oxygens (including phenoxy) is 1. The molecule has 0 saturated carbocycles. The van der Waals surface area contributed by atoms with Gasteiger partial charge in [-0.2, -0.15) is 13.2 Å². The molecule has 3 rings (SSSR count). The van der Waals surface area contributed by atoms with Crippen LogP contribution in [0.4, 0.5) is 13.2 Å². The van der Waals surface area contributed by atoms with Crippen LogP contribution in [0.15, 0.2) is 58.7 Å². The third-order valence-electron chi connectivity index (χ3n) is 6.23. The molecule has 0 saturated heterocycles. The molecule has 1 aromatic carbocycles. The summed E-state index contributed by atoms with van der Waals surface area (Å²) in [6, 6.07) is 3.56. The number of fused-ring (bicyclic) bond motifs is 1. The minimum atomic E-state index is -4.43. The Labute approximate surface area is 201 Å². The number of amides is 1. The van der Waals surface area contributed by atoms with Gasteiger partial charge in [-0.05, 0) is 47.4 Å². The van der Waals surface area contributed by atoms with Crippen LogP contribution < -0.4 is 5.32 Å². The zero-order chi connectivity index (χ0) is 25.3. The lowest BCUT2D eigenvalue weighted by Gasteiger charge is -2.32. The van der Waals surface area contributed by atoms with Crippen molar-refractivity contribution in [3.63, 3.8) is 0 Å². The third-order valence-corrected chi connectivity index (χ3v) is 7.52. The van der Waals surface area contributed by atoms with Crippen LogP contribution >= 0.6 is 11.8 Å². The van der Waals surface area contributed by atoms with E-state index in [1.54, 1.807) is 19.9 Å². The van der Waals surface area contributed by atoms with Crippen LogP contribution in [-0.4, -0.2) is 28.3 Å². The molecule has 1 amide bonds. The number of rotatable bonds is 8. The van der Waals surface area contributed by atoms with Gasteiger partial charge in [-0.25, -0.2) is 4.79 Å². The fourth-order valence-corrected chi connectivity index (χ4v) is 5.07. The van der Waals surface area contributed by atoms with Gasteiger partial charge in [0.15, 0.2) is 0 Å². The molecule has 0 radical (unpaired) electrons. The molecule has 3 unspecified atom stereocenters. The second-order valence-corrected chi connectivity index (χ2v) is 10.5. The van der Waals surface area contributed by atoms with Gasteiger partial charge < -0.3 is 15.2 Å². The first-order valence-electron chi connectivity index (χ1n) is 10.9. The van der Waals surface area contributed by atoms with Crippen LogP contribution in [0.25, 0.3) is 0 Å². The number of benzene rings is 1. The van der Waals surface area contributed by atoms with E-state index < -0.39 is 35.1 Å². The summed E-state index contributed by atoms with van der Waals surface area (Å²) in [5.41, 5.74) is -0.679. The molecule has 1 aromatic rings. The van der Waals surface area contributed by atoms with Gasteiger partial charge in [0.1, 0.15) is 18.4 Å². The van der Waals surface area contributed by atoms with Crippen LogP contribution in [0.5, 0.6) is 0 Å². The molecule has 34 heavy (non-hydrogen) atoms. The summed E-state index contributed by atoms with van der Waals surface area (Å²) in [5.74, 6) is -1.29. The van der Waals surface area contributed by atoms with E-state index in [0.29, 0.717) is 17.7 Å². The first kappa shape index (κ1) is 25.9. The normalized spacial score (nSPS) is 21.1. The summed E-state index contributed by atoms with van der Waals surface area (Å²) >= 11 is 1.54. The number of alkyl halides is 3. The Bertz CT molecular complexity index is 1040. The number of carbonyl (C=O) groups is 2. The number of carboxylic acids is 1. The molecule has 0 spiro atoms. The fraction of sp³-hybridized carbons (Fsp3) is 0.440. The Morgan fingerprint density at radius 3 is 2.41 bits per heavy atom. The number of aliphatic carboxylic acids is 1. The molecule has 5 nitrogen and oxygen atoms in total. The monoisotopic (exact) mass is 495 g/mol. The maximum Gasteiger partial charge on any atom is 0.416 e. The minimum Gasteiger partial charge on any atom is -0.491 e. The van der Waals surface area contributed by atoms with Gasteiger partial charge in [0, 0.05) is 5.92 Å². The lowest BCUT2D eigenvalue weighted by Crippen LogP contribution is -2.50. The SMILES string of the molecule is CCC(C)(C)C(NC(=O)C1=C(OCc2ccc(C(F)(F)F)cc2)C2SC(C)=CC2C=C1)C(=O)O. The second-order valence-electron chi connectivity index (χ2n) is 9.10. The highest BCUT2D eigenvalue weighted by atomic mass is 32.2. The van der Waals surface area contributed by atoms with Gasteiger partial charge in [0.25, 0.3) is 5.91 Å². The van der Waals surface area contributed by atoms with E-state index in [9.17, 15) is 27.9 Å². The molecule has 3 atom stereocenters. The summed E-state index contributed by atoms with van der Waals surface area (Å²) in [4.78, 5) is 26.1. The Morgan fingerprint density at radius 1 is 1.21 bits per heavy atom. The molecule has 1 aliphatic carbocycles. The standard InChI is InChI=1S/C25H28F3NO4S/c1-5-24(3,4)21(23(31)32)29-22(30)18-11-8-16-12-14(2)34-20(16)19(18)33-13-15-6-9-17(10-7-15)25(26,27)28/h6-12,16,20-21H,5,13H2,1-4H3,(H,29,30)(H,31,32). The summed E-state index contributed by atoms with van der Waals surface area (Å²) < 4.78 is 44.6. The number of thioether (sulfide) groups is 1. The first-order valence-corrected chi connectivity index (χ1v) is 11.8. The van der Waals surface area contributed by atoms with E-state index in [2.05, 4.69) is 11.4 Å². The molecule has 2 aliphatic rings. The van der Waals surface area contributed by atoms with Crippen molar-refractivity contribution in [3.05, 3.63) is 69.9 Å². The molecular weight excluding hydrogens is 467 g/mol. The van der Waals surface area contributed by atoms with Gasteiger partial charge in [0.05, 0.1) is 16.4 Å². The van der Waals surface area contributed by atoms with Crippen molar-refractivity contribution < 1.29 is 32.6 Å². The highest BCUT2D eigenvalue weighted by Crippen LogP contribution is 2.45. The van der Waals surface area contributed by atoms with Crippen LogP contribution in [0, 0.1) is 11.3 Å². The van der Waals surface area contributed by atoms with Gasteiger partial charge in [-0.1, -0.05) is 45.1 Å². The highest BCUT2D eigenvalue weighted by molar-refractivity contribution is 8.04. The average Bonchev–Trinajstić information content (AvgIpc) is 3.15. The van der Waals surface area contributed by atoms with Crippen molar-refractivity contribution in [1.29, 1.82) is 0 Å². The summed E-state index contributed by atoms with van der Waals surface area (Å²) in [6.45, 7) is 7.33. The van der Waals surface area contributed by atoms with E-state index >= 15 is 0 Å². The van der Waals surface area contributed by atoms with Crippen molar-refractivity contribution in [2.75, 3.05) is 0 Å². The fourth-order valence-electron chi connectivity index (χ4n) is 3.81. The predicted molar refractivity (Wildman–Crippen MR) is 125 cm³/mol. The Hall–Kier alpha value is -2.68. The van der Waals surface area contributed by atoms with Gasteiger partial charge >= 0.3 is 12.1 Å².